The molecule has 0 aromatic carbocycles. The van der Waals surface area contributed by atoms with Gasteiger partial charge in [-0.15, -0.1) is 0 Å². The quantitative estimate of drug-likeness (QED) is 0.463. The van der Waals surface area contributed by atoms with Gasteiger partial charge in [-0.3, -0.25) is 4.79 Å². The Morgan fingerprint density at radius 2 is 1.90 bits per heavy atom. The van der Waals surface area contributed by atoms with Crippen molar-refractivity contribution in [3.8, 4) is 0 Å². The van der Waals surface area contributed by atoms with Crippen molar-refractivity contribution >= 4 is 17.9 Å². The first-order valence-electron chi connectivity index (χ1n) is 6.75. The molecule has 1 rings (SSSR count). The van der Waals surface area contributed by atoms with E-state index in [1.54, 1.807) is 0 Å². The molecule has 1 aliphatic rings. The van der Waals surface area contributed by atoms with Crippen molar-refractivity contribution in [2.45, 2.75) is 50.6 Å². The summed E-state index contributed by atoms with van der Waals surface area (Å²) in [7, 11) is 0. The van der Waals surface area contributed by atoms with Gasteiger partial charge in [-0.2, -0.15) is 0 Å². The Kier molecular flexibility index (Phi) is 7.21. The molecule has 0 spiro atoms. The topological polar surface area (TPSA) is 102 Å². The van der Waals surface area contributed by atoms with Crippen molar-refractivity contribution in [2.24, 2.45) is 0 Å². The monoisotopic (exact) mass is 308 g/mol. The second-order valence-corrected chi connectivity index (χ2v) is 5.84. The van der Waals surface area contributed by atoms with Crippen LogP contribution in [0.25, 0.3) is 0 Å². The molecule has 0 aliphatic carbocycles. The van der Waals surface area contributed by atoms with Crippen molar-refractivity contribution in [1.29, 1.82) is 0 Å². The Hall–Kier alpha value is -0.380. The van der Waals surface area contributed by atoms with E-state index in [0.29, 0.717) is 0 Å². The fourth-order valence-corrected chi connectivity index (χ4v) is 3.22. The van der Waals surface area contributed by atoms with Gasteiger partial charge < -0.3 is 25.4 Å². The first kappa shape index (κ1) is 17.7. The predicted octanol–water partition coefficient (Wildman–Crippen LogP) is -1.08. The summed E-state index contributed by atoms with van der Waals surface area (Å²) in [4.78, 5) is 11.3. The molecule has 0 radical (unpaired) electrons. The van der Waals surface area contributed by atoms with E-state index in [4.69, 9.17) is 4.74 Å². The average Bonchev–Trinajstić information content (AvgIpc) is 2.43. The minimum atomic E-state index is -1.23. The maximum absolute atomic E-state index is 11.3. The van der Waals surface area contributed by atoms with E-state index in [9.17, 15) is 20.1 Å². The van der Waals surface area contributed by atoms with Crippen LogP contribution in [0, 0.1) is 0 Å². The van der Waals surface area contributed by atoms with Gasteiger partial charge in [-0.05, 0) is 11.9 Å². The van der Waals surface area contributed by atoms with Gasteiger partial charge in [0.1, 0.15) is 23.7 Å². The van der Waals surface area contributed by atoms with Crippen LogP contribution in [0.15, 0.2) is 0 Å². The third kappa shape index (κ3) is 4.31. The molecule has 0 bridgehead atoms. The van der Waals surface area contributed by atoms with Gasteiger partial charge in [-0.25, -0.2) is 4.31 Å². The number of nitrogens with one attached hydrogen (secondary N) is 1. The number of hydrogen-bond donors (Lipinski definition) is 4. The maximum Gasteiger partial charge on any atom is 0.217 e. The summed E-state index contributed by atoms with van der Waals surface area (Å²) in [5.41, 5.74) is -0.561. The highest BCUT2D eigenvalue weighted by Gasteiger charge is 2.45. The molecule has 118 valence electrons. The molecule has 7 nitrogen and oxygen atoms in total. The summed E-state index contributed by atoms with van der Waals surface area (Å²) in [6, 6.07) is -0.726. The Labute approximate surface area is 123 Å². The number of rotatable bonds is 6. The standard InChI is InChI=1S/C12H24N2O5S/c1-4-14(5-2)20-12-9(13-7(3)16)11(18)10(17)8(6-15)19-12/h8-12,15,17-18H,4-6H2,1-3H3,(H,13,16)/t8-,9-,10-,11-,12+/m1/s1. The first-order chi connectivity index (χ1) is 9.44. The molecule has 5 atom stereocenters. The third-order valence-electron chi connectivity index (χ3n) is 3.21. The number of carbonyl (C=O) groups excluding carboxylic acids is 1. The number of ether oxygens (including phenoxy) is 1. The molecule has 20 heavy (non-hydrogen) atoms. The zero-order chi connectivity index (χ0) is 15.3. The largest absolute Gasteiger partial charge is 0.394 e. The third-order valence-corrected chi connectivity index (χ3v) is 4.64. The van der Waals surface area contributed by atoms with Crippen LogP contribution in [0.2, 0.25) is 0 Å². The van der Waals surface area contributed by atoms with Gasteiger partial charge in [0.15, 0.2) is 0 Å². The second kappa shape index (κ2) is 8.16. The second-order valence-electron chi connectivity index (χ2n) is 4.65. The number of amides is 1. The summed E-state index contributed by atoms with van der Waals surface area (Å²) in [5, 5.41) is 31.8. The lowest BCUT2D eigenvalue weighted by atomic mass is 9.98. The summed E-state index contributed by atoms with van der Waals surface area (Å²) in [5.74, 6) is -0.308. The number of nitrogens with zero attached hydrogens (tertiary/aromatic N) is 1. The van der Waals surface area contributed by atoms with Gasteiger partial charge in [0.2, 0.25) is 5.91 Å². The van der Waals surface area contributed by atoms with Crippen LogP contribution in [0.3, 0.4) is 0 Å². The molecule has 4 N–H and O–H groups in total. The molecule has 1 aliphatic heterocycles. The van der Waals surface area contributed by atoms with E-state index < -0.39 is 29.8 Å². The van der Waals surface area contributed by atoms with Crippen LogP contribution in [-0.4, -0.2) is 75.0 Å². The zero-order valence-electron chi connectivity index (χ0n) is 12.0. The highest BCUT2D eigenvalue weighted by atomic mass is 32.2. The fourth-order valence-electron chi connectivity index (χ4n) is 2.08. The van der Waals surface area contributed by atoms with E-state index in [-0.39, 0.29) is 12.5 Å². The van der Waals surface area contributed by atoms with E-state index in [1.807, 2.05) is 18.2 Å². The minimum absolute atomic E-state index is 0.308. The molecule has 8 heteroatoms. The van der Waals surface area contributed by atoms with Crippen molar-refractivity contribution in [2.75, 3.05) is 19.7 Å². The summed E-state index contributed by atoms with van der Waals surface area (Å²) in [6.07, 6.45) is -3.27. The Morgan fingerprint density at radius 1 is 1.30 bits per heavy atom. The van der Waals surface area contributed by atoms with Gasteiger partial charge in [0, 0.05) is 20.0 Å². The van der Waals surface area contributed by atoms with Crippen LogP contribution in [0.4, 0.5) is 0 Å². The van der Waals surface area contributed by atoms with Crippen molar-refractivity contribution < 1.29 is 24.9 Å². The molecule has 1 amide bonds. The van der Waals surface area contributed by atoms with Crippen LogP contribution >= 0.6 is 11.9 Å². The van der Waals surface area contributed by atoms with E-state index in [2.05, 4.69) is 5.32 Å². The summed E-state index contributed by atoms with van der Waals surface area (Å²) >= 11 is 1.35. The summed E-state index contributed by atoms with van der Waals surface area (Å²) < 4.78 is 7.62. The Morgan fingerprint density at radius 3 is 2.35 bits per heavy atom. The van der Waals surface area contributed by atoms with Gasteiger partial charge >= 0.3 is 0 Å². The van der Waals surface area contributed by atoms with Crippen molar-refractivity contribution in [3.05, 3.63) is 0 Å². The number of carbonyl (C=O) groups is 1. The molecule has 1 fully saturated rings. The Bertz CT molecular complexity index is 314. The number of aliphatic hydroxyl groups excluding tert-OH is 3. The first-order valence-corrected chi connectivity index (χ1v) is 7.59. The van der Waals surface area contributed by atoms with Gasteiger partial charge in [-0.1, -0.05) is 13.8 Å². The zero-order valence-corrected chi connectivity index (χ0v) is 12.8. The highest BCUT2D eigenvalue weighted by Crippen LogP contribution is 2.30. The average molecular weight is 308 g/mol. The molecular weight excluding hydrogens is 284 g/mol. The van der Waals surface area contributed by atoms with Crippen LogP contribution in [-0.2, 0) is 9.53 Å². The van der Waals surface area contributed by atoms with Crippen molar-refractivity contribution in [1.82, 2.24) is 9.62 Å². The van der Waals surface area contributed by atoms with E-state index in [0.717, 1.165) is 13.1 Å². The lowest BCUT2D eigenvalue weighted by Gasteiger charge is -2.43. The van der Waals surface area contributed by atoms with Gasteiger partial charge in [0.25, 0.3) is 0 Å². The molecular formula is C12H24N2O5S. The van der Waals surface area contributed by atoms with Crippen LogP contribution in [0.1, 0.15) is 20.8 Å². The van der Waals surface area contributed by atoms with E-state index in [1.165, 1.54) is 18.9 Å². The summed E-state index contributed by atoms with van der Waals surface area (Å²) in [6.45, 7) is 6.48. The highest BCUT2D eigenvalue weighted by molar-refractivity contribution is 7.97. The normalized spacial score (nSPS) is 34.2. The van der Waals surface area contributed by atoms with Crippen LogP contribution in [0.5, 0.6) is 0 Å². The Balaban J connectivity index is 2.85. The molecule has 1 heterocycles. The molecule has 0 saturated carbocycles. The van der Waals surface area contributed by atoms with Crippen LogP contribution < -0.4 is 5.32 Å². The molecule has 1 saturated heterocycles. The smallest absolute Gasteiger partial charge is 0.217 e. The predicted molar refractivity (Wildman–Crippen MR) is 75.9 cm³/mol. The lowest BCUT2D eigenvalue weighted by molar-refractivity contribution is -0.174. The van der Waals surface area contributed by atoms with Gasteiger partial charge in [0.05, 0.1) is 12.6 Å². The molecule has 0 unspecified atom stereocenters. The van der Waals surface area contributed by atoms with E-state index >= 15 is 0 Å². The number of aliphatic hydroxyl groups is 3. The number of hydrogen-bond acceptors (Lipinski definition) is 7. The lowest BCUT2D eigenvalue weighted by Crippen LogP contribution is -2.63. The minimum Gasteiger partial charge on any atom is -0.394 e. The maximum atomic E-state index is 11.3. The molecule has 0 aromatic heterocycles. The van der Waals surface area contributed by atoms with Crippen molar-refractivity contribution in [3.63, 3.8) is 0 Å². The SMILES string of the molecule is CCN(CC)S[C@@H]1O[C@H](CO)[C@@H](O)[C@H](O)[C@H]1NC(C)=O. The fraction of sp³-hybridized carbons (Fsp3) is 0.917. The molecule has 0 aromatic rings.